The van der Waals surface area contributed by atoms with Crippen LogP contribution in [-0.2, 0) is 55.8 Å². The molecule has 3 aromatic carbocycles. The van der Waals surface area contributed by atoms with E-state index >= 15 is 0 Å². The summed E-state index contributed by atoms with van der Waals surface area (Å²) >= 11 is 1.55. The van der Waals surface area contributed by atoms with E-state index in [9.17, 15) is 46.3 Å². The zero-order valence-corrected chi connectivity index (χ0v) is 44.5. The molecule has 7 aromatic rings. The summed E-state index contributed by atoms with van der Waals surface area (Å²) < 4.78 is 70.3. The number of hydrogen-bond donors (Lipinski definition) is 6. The van der Waals surface area contributed by atoms with Crippen molar-refractivity contribution in [3.05, 3.63) is 129 Å². The van der Waals surface area contributed by atoms with E-state index in [1.54, 1.807) is 43.8 Å². The molecular formula is C52H57F2N11O10S2. The molecule has 1 saturated heterocycles. The molecule has 3 atom stereocenters. The Kier molecular flexibility index (Phi) is 16.7. The molecule has 6 N–H and O–H groups in total. The van der Waals surface area contributed by atoms with Crippen LogP contribution in [0.25, 0.3) is 32.5 Å². The number of thiazole rings is 1. The summed E-state index contributed by atoms with van der Waals surface area (Å²) in [6.07, 6.45) is 2.11. The average molecular weight is 1100 g/mol. The lowest BCUT2D eigenvalue weighted by Crippen LogP contribution is -2.58. The smallest absolute Gasteiger partial charge is 0.274 e. The van der Waals surface area contributed by atoms with Gasteiger partial charge in [0.15, 0.2) is 11.6 Å². The first kappa shape index (κ1) is 55.4. The Bertz CT molecular complexity index is 3520. The van der Waals surface area contributed by atoms with Gasteiger partial charge in [0.1, 0.15) is 47.2 Å². The molecule has 0 aliphatic carbocycles. The van der Waals surface area contributed by atoms with E-state index in [1.807, 2.05) is 31.2 Å². The largest absolute Gasteiger partial charge is 0.454 e. The first-order valence-electron chi connectivity index (χ1n) is 24.4. The molecule has 0 saturated carbocycles. The van der Waals surface area contributed by atoms with E-state index in [4.69, 9.17) is 9.47 Å². The first-order valence-corrected chi connectivity index (χ1v) is 26.9. The van der Waals surface area contributed by atoms with Crippen molar-refractivity contribution in [3.63, 3.8) is 0 Å². The molecule has 0 radical (unpaired) electrons. The number of aliphatic hydroxyl groups is 1. The van der Waals surface area contributed by atoms with Crippen molar-refractivity contribution in [3.8, 4) is 33.1 Å². The minimum Gasteiger partial charge on any atom is -0.454 e. The normalized spacial score (nSPS) is 15.1. The number of anilines is 1. The fourth-order valence-electron chi connectivity index (χ4n) is 8.59. The zero-order valence-electron chi connectivity index (χ0n) is 42.8. The fraction of sp³-hybridized carbons (Fsp3) is 0.346. The predicted molar refractivity (Wildman–Crippen MR) is 282 cm³/mol. The van der Waals surface area contributed by atoms with Gasteiger partial charge in [0.25, 0.3) is 11.5 Å². The van der Waals surface area contributed by atoms with Crippen molar-refractivity contribution in [1.82, 2.24) is 50.4 Å². The first-order chi connectivity index (χ1) is 36.6. The lowest BCUT2D eigenvalue weighted by Gasteiger charge is -2.35. The monoisotopic (exact) mass is 1100 g/mol. The third-order valence-corrected chi connectivity index (χ3v) is 15.0. The van der Waals surface area contributed by atoms with Crippen LogP contribution >= 0.6 is 11.3 Å². The maximum Gasteiger partial charge on any atom is 0.274 e. The third kappa shape index (κ3) is 13.2. The van der Waals surface area contributed by atoms with Crippen LogP contribution in [0.2, 0.25) is 0 Å². The highest BCUT2D eigenvalue weighted by Crippen LogP contribution is 2.40. The number of ether oxygens (including phenoxy) is 2. The molecule has 4 amide bonds. The Morgan fingerprint density at radius 1 is 0.974 bits per heavy atom. The highest BCUT2D eigenvalue weighted by Gasteiger charge is 2.44. The Balaban J connectivity index is 0.854. The van der Waals surface area contributed by atoms with Gasteiger partial charge in [-0.1, -0.05) is 50.3 Å². The van der Waals surface area contributed by atoms with E-state index in [-0.39, 0.29) is 84.3 Å². The number of hydrogen-bond acceptors (Lipinski definition) is 14. The van der Waals surface area contributed by atoms with Gasteiger partial charge >= 0.3 is 0 Å². The molecule has 0 bridgehead atoms. The summed E-state index contributed by atoms with van der Waals surface area (Å²) in [5.74, 6) is -4.50. The second-order valence-corrected chi connectivity index (χ2v) is 22.3. The van der Waals surface area contributed by atoms with Crippen molar-refractivity contribution in [1.29, 1.82) is 0 Å². The Morgan fingerprint density at radius 3 is 2.43 bits per heavy atom. The molecule has 1 fully saturated rings. The minimum atomic E-state index is -3.75. The molecular weight excluding hydrogens is 1040 g/mol. The van der Waals surface area contributed by atoms with E-state index in [0.29, 0.717) is 17.3 Å². The number of β-amino-alcohol motifs (C(OH)–C–C–N with tert-alkyl or cyclic N) is 1. The van der Waals surface area contributed by atoms with Crippen molar-refractivity contribution < 1.29 is 51.0 Å². The molecule has 1 aliphatic rings. The Labute approximate surface area is 445 Å². The molecule has 1 aliphatic heterocycles. The van der Waals surface area contributed by atoms with E-state index < -0.39 is 81.1 Å². The number of H-pyrrole nitrogens is 1. The van der Waals surface area contributed by atoms with E-state index in [1.165, 1.54) is 58.6 Å². The number of nitrogens with zero attached hydrogens (tertiary/aromatic N) is 6. The molecule has 8 rings (SSSR count). The molecule has 5 heterocycles. The summed E-state index contributed by atoms with van der Waals surface area (Å²) in [6, 6.07) is 14.1. The molecule has 21 nitrogen and oxygen atoms in total. The maximum absolute atomic E-state index is 14.8. The molecule has 25 heteroatoms. The maximum atomic E-state index is 14.8. The molecule has 406 valence electrons. The van der Waals surface area contributed by atoms with Crippen LogP contribution in [0.4, 0.5) is 14.5 Å². The number of pyridine rings is 1. The number of fused-ring (bicyclic) bond motifs is 1. The third-order valence-electron chi connectivity index (χ3n) is 12.7. The number of likely N-dealkylation sites (tertiary alicyclic amines) is 1. The number of sulfonamides is 1. The number of aryl methyl sites for hydroxylation is 2. The van der Waals surface area contributed by atoms with Crippen molar-refractivity contribution in [2.45, 2.75) is 78.9 Å². The summed E-state index contributed by atoms with van der Waals surface area (Å²) in [5.41, 5.74) is 4.28. The number of rotatable bonds is 20. The molecule has 0 unspecified atom stereocenters. The number of amides is 4. The van der Waals surface area contributed by atoms with E-state index in [0.717, 1.165) is 33.8 Å². The number of aromatic nitrogens is 6. The van der Waals surface area contributed by atoms with Crippen LogP contribution < -0.4 is 31.0 Å². The van der Waals surface area contributed by atoms with Crippen LogP contribution in [-0.4, -0.2) is 115 Å². The number of benzene rings is 3. The summed E-state index contributed by atoms with van der Waals surface area (Å²) in [4.78, 5) is 77.3. The van der Waals surface area contributed by atoms with Gasteiger partial charge in [-0.05, 0) is 66.8 Å². The Morgan fingerprint density at radius 2 is 1.73 bits per heavy atom. The lowest BCUT2D eigenvalue weighted by molar-refractivity contribution is -0.144. The second kappa shape index (κ2) is 23.2. The topological polar surface area (TPSA) is 274 Å². The van der Waals surface area contributed by atoms with Crippen molar-refractivity contribution >= 4 is 61.6 Å². The number of carbonyl (C=O) groups excluding carboxylic acids is 4. The fourth-order valence-corrected chi connectivity index (χ4v) is 10.0. The highest BCUT2D eigenvalue weighted by molar-refractivity contribution is 7.92. The van der Waals surface area contributed by atoms with Gasteiger partial charge in [0.2, 0.25) is 27.7 Å². The standard InChI is InChI=1S/C52H57F2N11O10S2/c1-7-77(72,73)61-33-13-15-42(75-43-14-12-32(53)18-39(43)54)36(19-33)38-26-63(6)50(70)45-37(38)21-40(58-45)48(68)56-23-34-24-64(62-60-34)16-17-74-27-44(67)59-47(52(3,4)5)51(71)65-25-35(66)20-41(65)49(69)55-22-30-8-10-31(11-9-30)46-29(2)57-28-76-46/h8-15,18-19,21,24,26,28,35,41,47,58,61,66H,7,16-17,20,22-23,25,27H2,1-6H3,(H,55,69)(H,56,68)(H,59,67)/t35-,41+,47-/m1/s1. The zero-order chi connectivity index (χ0) is 55.3. The summed E-state index contributed by atoms with van der Waals surface area (Å²) in [5, 5.41) is 27.4. The molecule has 77 heavy (non-hydrogen) atoms. The number of nitrogens with one attached hydrogen (secondary N) is 5. The number of carbonyl (C=O) groups is 4. The minimum absolute atomic E-state index is 0.0101. The summed E-state index contributed by atoms with van der Waals surface area (Å²) in [7, 11) is -2.28. The van der Waals surface area contributed by atoms with Crippen molar-refractivity contribution in [2.75, 3.05) is 30.2 Å². The average Bonchev–Trinajstić information content (AvgIpc) is 4.29. The second-order valence-electron chi connectivity index (χ2n) is 19.5. The highest BCUT2D eigenvalue weighted by atomic mass is 32.2. The Hall–Kier alpha value is -7.87. The van der Waals surface area contributed by atoms with Crippen LogP contribution in [0.5, 0.6) is 11.5 Å². The lowest BCUT2D eigenvalue weighted by atomic mass is 9.85. The predicted octanol–water partition coefficient (Wildman–Crippen LogP) is 5.14. The SMILES string of the molecule is CCS(=O)(=O)Nc1ccc(Oc2ccc(F)cc2F)c(-c2cn(C)c(=O)c3[nH]c(C(=O)NCc4cn(CCOCC(=O)N[C@H](C(=O)N5C[C@H](O)C[C@H]5C(=O)NCc5ccc(-c6scnc6C)cc5)C(C)(C)C)nn4)cc23)c1. The van der Waals surface area contributed by atoms with Gasteiger partial charge < -0.3 is 45.0 Å². The summed E-state index contributed by atoms with van der Waals surface area (Å²) in [6.45, 7) is 8.52. The number of aliphatic hydroxyl groups excluding tert-OH is 1. The number of aromatic amines is 1. The quantitative estimate of drug-likeness (QED) is 0.0540. The van der Waals surface area contributed by atoms with E-state index in [2.05, 4.69) is 41.0 Å². The van der Waals surface area contributed by atoms with Gasteiger partial charge in [0, 0.05) is 61.0 Å². The molecule has 0 spiro atoms. The van der Waals surface area contributed by atoms with Gasteiger partial charge in [-0.25, -0.2) is 26.9 Å². The van der Waals surface area contributed by atoms with Gasteiger partial charge in [-0.15, -0.1) is 16.4 Å². The van der Waals surface area contributed by atoms with Crippen LogP contribution in [0.3, 0.4) is 0 Å². The van der Waals surface area contributed by atoms with Crippen LogP contribution in [0.1, 0.15) is 61.6 Å². The van der Waals surface area contributed by atoms with Crippen molar-refractivity contribution in [2.24, 2.45) is 12.5 Å². The van der Waals surface area contributed by atoms with Crippen LogP contribution in [0, 0.1) is 24.0 Å². The molecule has 4 aromatic heterocycles. The van der Waals surface area contributed by atoms with Crippen LogP contribution in [0.15, 0.2) is 89.4 Å². The van der Waals surface area contributed by atoms with Gasteiger partial charge in [-0.2, -0.15) is 0 Å². The van der Waals surface area contributed by atoms with Gasteiger partial charge in [-0.3, -0.25) is 28.7 Å². The van der Waals surface area contributed by atoms with Gasteiger partial charge in [0.05, 0.1) is 53.8 Å². The number of halogens is 2.